The number of anilines is 1. The summed E-state index contributed by atoms with van der Waals surface area (Å²) in [6.45, 7) is 4.09. The lowest BCUT2D eigenvalue weighted by molar-refractivity contribution is -0.118. The molecular formula is C20H25ClN2O3. The molecule has 0 atom stereocenters. The highest BCUT2D eigenvalue weighted by Gasteiger charge is 2.08. The topological polar surface area (TPSA) is 59.6 Å². The van der Waals surface area contributed by atoms with Gasteiger partial charge in [0, 0.05) is 36.5 Å². The summed E-state index contributed by atoms with van der Waals surface area (Å²) in [6.07, 6.45) is 0.923. The lowest BCUT2D eigenvalue weighted by atomic mass is 10.2. The highest BCUT2D eigenvalue weighted by molar-refractivity contribution is 6.30. The van der Waals surface area contributed by atoms with E-state index in [0.29, 0.717) is 23.9 Å². The van der Waals surface area contributed by atoms with Crippen LogP contribution in [-0.4, -0.2) is 32.8 Å². The van der Waals surface area contributed by atoms with Crippen LogP contribution in [0.1, 0.15) is 17.5 Å². The van der Waals surface area contributed by atoms with Gasteiger partial charge >= 0.3 is 0 Å². The number of methoxy groups -OCH3 is 1. The molecule has 0 fully saturated rings. The van der Waals surface area contributed by atoms with E-state index in [-0.39, 0.29) is 12.5 Å². The molecule has 5 nitrogen and oxygen atoms in total. The Hall–Kier alpha value is -2.08. The smallest absolute Gasteiger partial charge is 0.262 e. The van der Waals surface area contributed by atoms with Crippen LogP contribution in [0.15, 0.2) is 42.5 Å². The van der Waals surface area contributed by atoms with Crippen LogP contribution in [0.3, 0.4) is 0 Å². The van der Waals surface area contributed by atoms with E-state index in [1.165, 1.54) is 0 Å². The maximum absolute atomic E-state index is 12.1. The Labute approximate surface area is 159 Å². The van der Waals surface area contributed by atoms with E-state index in [9.17, 15) is 4.79 Å². The van der Waals surface area contributed by atoms with E-state index < -0.39 is 0 Å². The van der Waals surface area contributed by atoms with Crippen molar-refractivity contribution in [3.63, 3.8) is 0 Å². The van der Waals surface area contributed by atoms with Gasteiger partial charge in [0.05, 0.1) is 0 Å². The van der Waals surface area contributed by atoms with Crippen molar-refractivity contribution >= 4 is 23.2 Å². The average Bonchev–Trinajstić information content (AvgIpc) is 2.63. The number of hydrogen-bond donors (Lipinski definition) is 2. The standard InChI is InChI=1S/C20H25ClN2O3/c1-15-4-7-18(8-5-15)23-20(24)14-26-19-9-6-17(21)12-16(19)13-22-10-3-11-25-2/h4-9,12,22H,3,10-11,13-14H2,1-2H3,(H,23,24). The number of halogens is 1. The lowest BCUT2D eigenvalue weighted by Crippen LogP contribution is -2.21. The number of benzene rings is 2. The van der Waals surface area contributed by atoms with E-state index in [1.807, 2.05) is 37.3 Å². The number of carbonyl (C=O) groups is 1. The molecule has 2 aromatic carbocycles. The van der Waals surface area contributed by atoms with Crippen molar-refractivity contribution in [2.75, 3.05) is 32.2 Å². The van der Waals surface area contributed by atoms with Gasteiger partial charge in [-0.05, 0) is 50.2 Å². The zero-order chi connectivity index (χ0) is 18.8. The van der Waals surface area contributed by atoms with Crippen LogP contribution >= 0.6 is 11.6 Å². The Morgan fingerprint density at radius 3 is 2.65 bits per heavy atom. The third kappa shape index (κ3) is 7.04. The molecular weight excluding hydrogens is 352 g/mol. The van der Waals surface area contributed by atoms with Crippen molar-refractivity contribution in [2.24, 2.45) is 0 Å². The zero-order valence-electron chi connectivity index (χ0n) is 15.2. The van der Waals surface area contributed by atoms with Crippen molar-refractivity contribution < 1.29 is 14.3 Å². The van der Waals surface area contributed by atoms with Gasteiger partial charge in [0.1, 0.15) is 5.75 Å². The van der Waals surface area contributed by atoms with E-state index in [0.717, 1.165) is 29.8 Å². The molecule has 2 rings (SSSR count). The van der Waals surface area contributed by atoms with Crippen LogP contribution in [0.4, 0.5) is 5.69 Å². The quantitative estimate of drug-likeness (QED) is 0.619. The number of rotatable bonds is 10. The fourth-order valence-electron chi connectivity index (χ4n) is 2.37. The molecule has 0 aromatic heterocycles. The van der Waals surface area contributed by atoms with Gasteiger partial charge in [0.25, 0.3) is 5.91 Å². The van der Waals surface area contributed by atoms with Gasteiger partial charge in [0.15, 0.2) is 6.61 Å². The summed E-state index contributed by atoms with van der Waals surface area (Å²) < 4.78 is 10.7. The summed E-state index contributed by atoms with van der Waals surface area (Å²) in [5.74, 6) is 0.440. The Morgan fingerprint density at radius 2 is 1.92 bits per heavy atom. The molecule has 6 heteroatoms. The molecule has 140 valence electrons. The molecule has 0 saturated carbocycles. The fraction of sp³-hybridized carbons (Fsp3) is 0.350. The first kappa shape index (κ1) is 20.2. The first-order chi connectivity index (χ1) is 12.6. The number of ether oxygens (including phenoxy) is 2. The monoisotopic (exact) mass is 376 g/mol. The molecule has 2 aromatic rings. The molecule has 0 heterocycles. The number of nitrogens with one attached hydrogen (secondary N) is 2. The van der Waals surface area contributed by atoms with E-state index in [1.54, 1.807) is 19.2 Å². The van der Waals surface area contributed by atoms with Crippen molar-refractivity contribution in [1.82, 2.24) is 5.32 Å². The summed E-state index contributed by atoms with van der Waals surface area (Å²) in [6, 6.07) is 13.0. The van der Waals surface area contributed by atoms with Crippen LogP contribution in [0, 0.1) is 6.92 Å². The Balaban J connectivity index is 1.87. The van der Waals surface area contributed by atoms with E-state index in [4.69, 9.17) is 21.1 Å². The van der Waals surface area contributed by atoms with Gasteiger partial charge in [0.2, 0.25) is 0 Å². The molecule has 0 radical (unpaired) electrons. The SMILES string of the molecule is COCCCNCc1cc(Cl)ccc1OCC(=O)Nc1ccc(C)cc1. The second-order valence-corrected chi connectivity index (χ2v) is 6.41. The summed E-state index contributed by atoms with van der Waals surface area (Å²) in [5.41, 5.74) is 2.81. The molecule has 0 aliphatic rings. The van der Waals surface area contributed by atoms with Gasteiger partial charge in [-0.3, -0.25) is 4.79 Å². The molecule has 2 N–H and O–H groups in total. The number of carbonyl (C=O) groups excluding carboxylic acids is 1. The summed E-state index contributed by atoms with van der Waals surface area (Å²) in [4.78, 5) is 12.1. The van der Waals surface area contributed by atoms with Gasteiger partial charge in [-0.25, -0.2) is 0 Å². The Morgan fingerprint density at radius 1 is 1.15 bits per heavy atom. The van der Waals surface area contributed by atoms with Crippen LogP contribution in [0.25, 0.3) is 0 Å². The lowest BCUT2D eigenvalue weighted by Gasteiger charge is -2.13. The second-order valence-electron chi connectivity index (χ2n) is 5.98. The maximum Gasteiger partial charge on any atom is 0.262 e. The summed E-state index contributed by atoms with van der Waals surface area (Å²) in [5, 5.41) is 6.77. The predicted octanol–water partition coefficient (Wildman–Crippen LogP) is 3.79. The summed E-state index contributed by atoms with van der Waals surface area (Å²) in [7, 11) is 1.69. The predicted molar refractivity (Wildman–Crippen MR) is 105 cm³/mol. The first-order valence-corrected chi connectivity index (χ1v) is 8.93. The molecule has 0 aliphatic carbocycles. The molecule has 0 unspecified atom stereocenters. The van der Waals surface area contributed by atoms with Crippen molar-refractivity contribution in [1.29, 1.82) is 0 Å². The highest BCUT2D eigenvalue weighted by Crippen LogP contribution is 2.23. The fourth-order valence-corrected chi connectivity index (χ4v) is 2.56. The Kier molecular flexibility index (Phi) is 8.41. The molecule has 0 saturated heterocycles. The summed E-state index contributed by atoms with van der Waals surface area (Å²) >= 11 is 6.08. The highest BCUT2D eigenvalue weighted by atomic mass is 35.5. The normalized spacial score (nSPS) is 10.6. The molecule has 26 heavy (non-hydrogen) atoms. The molecule has 0 spiro atoms. The van der Waals surface area contributed by atoms with Gasteiger partial charge in [-0.15, -0.1) is 0 Å². The Bertz CT molecular complexity index is 705. The third-order valence-electron chi connectivity index (χ3n) is 3.73. The van der Waals surface area contributed by atoms with E-state index >= 15 is 0 Å². The average molecular weight is 377 g/mol. The van der Waals surface area contributed by atoms with Crippen molar-refractivity contribution in [2.45, 2.75) is 19.9 Å². The van der Waals surface area contributed by atoms with Gasteiger partial charge in [-0.2, -0.15) is 0 Å². The van der Waals surface area contributed by atoms with Gasteiger partial charge in [-0.1, -0.05) is 29.3 Å². The zero-order valence-corrected chi connectivity index (χ0v) is 15.9. The van der Waals surface area contributed by atoms with Crippen molar-refractivity contribution in [3.8, 4) is 5.75 Å². The van der Waals surface area contributed by atoms with Crippen LogP contribution in [0.2, 0.25) is 5.02 Å². The number of aryl methyl sites for hydroxylation is 1. The molecule has 1 amide bonds. The first-order valence-electron chi connectivity index (χ1n) is 8.56. The van der Waals surface area contributed by atoms with Gasteiger partial charge < -0.3 is 20.1 Å². The minimum atomic E-state index is -0.206. The van der Waals surface area contributed by atoms with Crippen LogP contribution in [-0.2, 0) is 16.1 Å². The number of hydrogen-bond acceptors (Lipinski definition) is 4. The third-order valence-corrected chi connectivity index (χ3v) is 3.97. The minimum Gasteiger partial charge on any atom is -0.483 e. The second kappa shape index (κ2) is 10.8. The molecule has 0 aliphatic heterocycles. The largest absolute Gasteiger partial charge is 0.483 e. The minimum absolute atomic E-state index is 0.0633. The maximum atomic E-state index is 12.1. The van der Waals surface area contributed by atoms with Crippen LogP contribution < -0.4 is 15.4 Å². The van der Waals surface area contributed by atoms with E-state index in [2.05, 4.69) is 10.6 Å². The number of amides is 1. The van der Waals surface area contributed by atoms with Crippen LogP contribution in [0.5, 0.6) is 5.75 Å². The van der Waals surface area contributed by atoms with Crippen molar-refractivity contribution in [3.05, 3.63) is 58.6 Å². The molecule has 0 bridgehead atoms.